The molecule has 4 aromatic rings. The Labute approximate surface area is 207 Å². The van der Waals surface area contributed by atoms with Gasteiger partial charge in [-0.2, -0.15) is 0 Å². The maximum Gasteiger partial charge on any atom is 0.159 e. The van der Waals surface area contributed by atoms with Crippen LogP contribution in [-0.4, -0.2) is 13.7 Å². The Hall–Kier alpha value is -3.25. The van der Waals surface area contributed by atoms with Gasteiger partial charge in [0.2, 0.25) is 0 Å². The van der Waals surface area contributed by atoms with E-state index in [1.807, 2.05) is 6.07 Å². The molecular weight excluding hydrogens is 471 g/mol. The predicted octanol–water partition coefficient (Wildman–Crippen LogP) is 7.68. The monoisotopic (exact) mass is 498 g/mol. The van der Waals surface area contributed by atoms with E-state index in [0.29, 0.717) is 66.2 Å². The van der Waals surface area contributed by atoms with E-state index < -0.39 is 23.3 Å². The minimum Gasteiger partial charge on any atom is -0.385 e. The summed E-state index contributed by atoms with van der Waals surface area (Å²) in [4.78, 5) is 0. The quantitative estimate of drug-likeness (QED) is 0.161. The van der Waals surface area contributed by atoms with Gasteiger partial charge in [0.05, 0.1) is 0 Å². The van der Waals surface area contributed by atoms with Gasteiger partial charge in [-0.05, 0) is 90.4 Å². The van der Waals surface area contributed by atoms with E-state index in [0.717, 1.165) is 17.7 Å². The summed E-state index contributed by atoms with van der Waals surface area (Å²) in [7, 11) is 1.59. The Bertz CT molecular complexity index is 1340. The van der Waals surface area contributed by atoms with Crippen LogP contribution in [0.5, 0.6) is 0 Å². The first-order valence-corrected chi connectivity index (χ1v) is 12.0. The van der Waals surface area contributed by atoms with E-state index in [9.17, 15) is 17.6 Å². The average molecular weight is 499 g/mol. The summed E-state index contributed by atoms with van der Waals surface area (Å²) in [6, 6.07) is 15.2. The van der Waals surface area contributed by atoms with Crippen LogP contribution in [0.2, 0.25) is 0 Å². The first kappa shape index (κ1) is 25.8. The number of hydrogen-bond acceptors (Lipinski definition) is 1. The second-order valence-electron chi connectivity index (χ2n) is 8.98. The molecule has 0 heterocycles. The number of benzene rings is 4. The lowest BCUT2D eigenvalue weighted by Crippen LogP contribution is -2.02. The molecule has 4 rings (SSSR count). The molecule has 4 aromatic carbocycles. The maximum absolute atomic E-state index is 15.1. The van der Waals surface area contributed by atoms with Crippen LogP contribution in [0.3, 0.4) is 0 Å². The molecule has 0 unspecified atom stereocenters. The summed E-state index contributed by atoms with van der Waals surface area (Å²) in [5.41, 5.74) is 2.57. The lowest BCUT2D eigenvalue weighted by Gasteiger charge is -2.11. The van der Waals surface area contributed by atoms with Gasteiger partial charge in [0.25, 0.3) is 0 Å². The summed E-state index contributed by atoms with van der Waals surface area (Å²) in [5, 5.41) is 1.13. The van der Waals surface area contributed by atoms with Gasteiger partial charge in [0.15, 0.2) is 11.6 Å². The first-order chi connectivity index (χ1) is 17.4. The van der Waals surface area contributed by atoms with Crippen LogP contribution in [0.25, 0.3) is 10.8 Å². The van der Waals surface area contributed by atoms with Crippen LogP contribution >= 0.6 is 0 Å². The van der Waals surface area contributed by atoms with Crippen molar-refractivity contribution in [2.24, 2.45) is 0 Å². The summed E-state index contributed by atoms with van der Waals surface area (Å²) >= 11 is 0. The van der Waals surface area contributed by atoms with Crippen molar-refractivity contribution in [2.75, 3.05) is 13.7 Å². The molecule has 0 N–H and O–H groups in total. The number of aryl methyl sites for hydroxylation is 4. The Morgan fingerprint density at radius 2 is 1.25 bits per heavy atom. The second-order valence-corrected chi connectivity index (χ2v) is 8.98. The van der Waals surface area contributed by atoms with Crippen molar-refractivity contribution in [3.8, 4) is 0 Å². The fraction of sp³-hybridized carbons (Fsp3) is 0.267. The number of rotatable bonds is 10. The molecule has 188 valence electrons. The lowest BCUT2D eigenvalue weighted by atomic mass is 9.96. The minimum atomic E-state index is -0.920. The number of fused-ring (bicyclic) bond motifs is 1. The molecule has 6 heteroatoms. The van der Waals surface area contributed by atoms with Crippen molar-refractivity contribution in [3.05, 3.63) is 118 Å². The number of ether oxygens (including phenoxy) is 1. The van der Waals surface area contributed by atoms with Crippen LogP contribution in [0.4, 0.5) is 22.0 Å². The van der Waals surface area contributed by atoms with Crippen molar-refractivity contribution in [1.29, 1.82) is 0 Å². The van der Waals surface area contributed by atoms with Gasteiger partial charge in [0, 0.05) is 24.7 Å². The van der Waals surface area contributed by atoms with Crippen LogP contribution < -0.4 is 0 Å². The van der Waals surface area contributed by atoms with Crippen LogP contribution in [0.15, 0.2) is 60.7 Å². The minimum absolute atomic E-state index is 0.0457. The Balaban J connectivity index is 1.44. The van der Waals surface area contributed by atoms with Crippen molar-refractivity contribution < 1.29 is 26.7 Å². The molecule has 0 aliphatic carbocycles. The topological polar surface area (TPSA) is 9.23 Å². The number of methoxy groups -OCH3 is 1. The number of hydrogen-bond donors (Lipinski definition) is 0. The molecule has 0 aliphatic heterocycles. The van der Waals surface area contributed by atoms with Gasteiger partial charge >= 0.3 is 0 Å². The van der Waals surface area contributed by atoms with Crippen molar-refractivity contribution in [3.63, 3.8) is 0 Å². The highest BCUT2D eigenvalue weighted by Crippen LogP contribution is 2.25. The Morgan fingerprint density at radius 3 is 1.97 bits per heavy atom. The third-order valence-corrected chi connectivity index (χ3v) is 6.44. The zero-order chi connectivity index (χ0) is 25.7. The Kier molecular flexibility index (Phi) is 8.36. The van der Waals surface area contributed by atoms with Gasteiger partial charge in [0.1, 0.15) is 17.5 Å². The molecule has 0 aliphatic rings. The molecule has 0 spiro atoms. The van der Waals surface area contributed by atoms with Gasteiger partial charge in [-0.25, -0.2) is 22.0 Å². The van der Waals surface area contributed by atoms with E-state index >= 15 is 4.39 Å². The van der Waals surface area contributed by atoms with Crippen LogP contribution in [0, 0.1) is 29.1 Å². The fourth-order valence-corrected chi connectivity index (χ4v) is 4.44. The molecule has 0 aromatic heterocycles. The first-order valence-electron chi connectivity index (χ1n) is 12.0. The smallest absolute Gasteiger partial charge is 0.159 e. The third-order valence-electron chi connectivity index (χ3n) is 6.44. The normalized spacial score (nSPS) is 11.4. The van der Waals surface area contributed by atoms with E-state index in [1.54, 1.807) is 31.4 Å². The second kappa shape index (κ2) is 11.7. The van der Waals surface area contributed by atoms with Crippen molar-refractivity contribution >= 4 is 10.8 Å². The highest BCUT2D eigenvalue weighted by atomic mass is 19.2. The molecule has 36 heavy (non-hydrogen) atoms. The standard InChI is InChI=1S/C30H27F5O/c1-36-14-2-3-21-17-27(32)25(28(33)18-21)12-6-19-5-11-24-23(15-19)10-9-22(30(24)35)8-4-20-7-13-26(31)29(34)16-20/h5,7,9-11,13,15-18H,2-4,6,8,12,14H2,1H3. The van der Waals surface area contributed by atoms with E-state index in [2.05, 4.69) is 0 Å². The molecule has 0 bridgehead atoms. The highest BCUT2D eigenvalue weighted by molar-refractivity contribution is 5.84. The van der Waals surface area contributed by atoms with E-state index in [-0.39, 0.29) is 17.8 Å². The molecule has 0 fully saturated rings. The predicted molar refractivity (Wildman–Crippen MR) is 132 cm³/mol. The summed E-state index contributed by atoms with van der Waals surface area (Å²) in [6.07, 6.45) is 2.55. The molecular formula is C30H27F5O. The van der Waals surface area contributed by atoms with Crippen LogP contribution in [-0.2, 0) is 36.8 Å². The average Bonchev–Trinajstić information content (AvgIpc) is 2.85. The van der Waals surface area contributed by atoms with Gasteiger partial charge in [-0.3, -0.25) is 0 Å². The maximum atomic E-state index is 15.1. The van der Waals surface area contributed by atoms with E-state index in [4.69, 9.17) is 4.74 Å². The largest absolute Gasteiger partial charge is 0.385 e. The third kappa shape index (κ3) is 6.11. The zero-order valence-electron chi connectivity index (χ0n) is 20.0. The van der Waals surface area contributed by atoms with Crippen LogP contribution in [0.1, 0.15) is 34.2 Å². The Morgan fingerprint density at radius 1 is 0.583 bits per heavy atom. The molecule has 0 atom stereocenters. The van der Waals surface area contributed by atoms with Crippen molar-refractivity contribution in [1.82, 2.24) is 0 Å². The zero-order valence-corrected chi connectivity index (χ0v) is 20.0. The molecule has 0 saturated heterocycles. The molecule has 0 saturated carbocycles. The summed E-state index contributed by atoms with van der Waals surface area (Å²) in [6.45, 7) is 0.531. The molecule has 1 nitrogen and oxygen atoms in total. The SMILES string of the molecule is COCCCc1cc(F)c(CCc2ccc3c(F)c(CCc4ccc(F)c(F)c4)ccc3c2)c(F)c1. The van der Waals surface area contributed by atoms with Gasteiger partial charge < -0.3 is 4.74 Å². The van der Waals surface area contributed by atoms with Gasteiger partial charge in [-0.1, -0.05) is 36.4 Å². The lowest BCUT2D eigenvalue weighted by molar-refractivity contribution is 0.195. The molecule has 0 radical (unpaired) electrons. The fourth-order valence-electron chi connectivity index (χ4n) is 4.44. The highest BCUT2D eigenvalue weighted by Gasteiger charge is 2.13. The summed E-state index contributed by atoms with van der Waals surface area (Å²) < 4.78 is 75.7. The summed E-state index contributed by atoms with van der Waals surface area (Å²) in [5.74, 6) is -3.30. The van der Waals surface area contributed by atoms with Gasteiger partial charge in [-0.15, -0.1) is 0 Å². The van der Waals surface area contributed by atoms with E-state index in [1.165, 1.54) is 18.2 Å². The number of halogens is 5. The molecule has 0 amide bonds. The van der Waals surface area contributed by atoms with Crippen molar-refractivity contribution in [2.45, 2.75) is 38.5 Å².